The van der Waals surface area contributed by atoms with Crippen LogP contribution in [-0.2, 0) is 11.3 Å². The molecule has 0 aliphatic rings. The molecule has 0 spiro atoms. The summed E-state index contributed by atoms with van der Waals surface area (Å²) >= 11 is 3.00. The number of fused-ring (bicyclic) bond motifs is 1. The van der Waals surface area contributed by atoms with E-state index in [1.54, 1.807) is 17.4 Å². The third kappa shape index (κ3) is 6.11. The summed E-state index contributed by atoms with van der Waals surface area (Å²) in [5.41, 5.74) is 6.24. The van der Waals surface area contributed by atoms with Gasteiger partial charge in [0, 0.05) is 17.8 Å². The van der Waals surface area contributed by atoms with Gasteiger partial charge < -0.3 is 10.1 Å². The van der Waals surface area contributed by atoms with Crippen LogP contribution in [0.2, 0.25) is 0 Å². The molecule has 0 aliphatic heterocycles. The SMILES string of the molecule is C=CCn1c(SCC(=O)Nc2ccc(-c3nc4ccc(C)cc4s3)cc2)nnc1C(C)Oc1cccc(C)c1C. The van der Waals surface area contributed by atoms with Crippen molar-refractivity contribution >= 4 is 44.9 Å². The van der Waals surface area contributed by atoms with Gasteiger partial charge in [0.2, 0.25) is 5.91 Å². The highest BCUT2D eigenvalue weighted by Crippen LogP contribution is 2.32. The number of carbonyl (C=O) groups is 1. The van der Waals surface area contributed by atoms with Gasteiger partial charge in [-0.3, -0.25) is 9.36 Å². The first-order valence-corrected chi connectivity index (χ1v) is 14.8. The zero-order valence-electron chi connectivity index (χ0n) is 23.0. The van der Waals surface area contributed by atoms with Crippen LogP contribution in [0.15, 0.2) is 78.5 Å². The van der Waals surface area contributed by atoms with Gasteiger partial charge in [-0.2, -0.15) is 0 Å². The quantitative estimate of drug-likeness (QED) is 0.138. The predicted molar refractivity (Wildman–Crippen MR) is 164 cm³/mol. The molecule has 3 aromatic carbocycles. The van der Waals surface area contributed by atoms with E-state index in [1.807, 2.05) is 54.8 Å². The van der Waals surface area contributed by atoms with Gasteiger partial charge in [-0.15, -0.1) is 28.1 Å². The van der Waals surface area contributed by atoms with Gasteiger partial charge >= 0.3 is 0 Å². The summed E-state index contributed by atoms with van der Waals surface area (Å²) in [5.74, 6) is 1.57. The number of ether oxygens (including phenoxy) is 1. The molecule has 0 fully saturated rings. The van der Waals surface area contributed by atoms with Crippen molar-refractivity contribution in [3.8, 4) is 16.3 Å². The molecule has 5 rings (SSSR count). The smallest absolute Gasteiger partial charge is 0.234 e. The Morgan fingerprint density at radius 1 is 1.12 bits per heavy atom. The second kappa shape index (κ2) is 12.1. The first kappa shape index (κ1) is 27.6. The van der Waals surface area contributed by atoms with E-state index in [1.165, 1.54) is 27.6 Å². The maximum Gasteiger partial charge on any atom is 0.234 e. The monoisotopic (exact) mass is 569 g/mol. The molecular formula is C31H31N5O2S2. The zero-order valence-corrected chi connectivity index (χ0v) is 24.6. The van der Waals surface area contributed by atoms with Crippen LogP contribution in [0.1, 0.15) is 35.5 Å². The maximum atomic E-state index is 12.8. The van der Waals surface area contributed by atoms with Crippen LogP contribution >= 0.6 is 23.1 Å². The van der Waals surface area contributed by atoms with Gasteiger partial charge in [0.15, 0.2) is 17.1 Å². The molecule has 7 nitrogen and oxygen atoms in total. The van der Waals surface area contributed by atoms with Crippen molar-refractivity contribution in [3.63, 3.8) is 0 Å². The van der Waals surface area contributed by atoms with Gasteiger partial charge in [-0.1, -0.05) is 36.0 Å². The lowest BCUT2D eigenvalue weighted by atomic mass is 10.1. The molecule has 1 unspecified atom stereocenters. The highest BCUT2D eigenvalue weighted by atomic mass is 32.2. The molecule has 1 atom stereocenters. The molecule has 5 aromatic rings. The molecule has 0 saturated carbocycles. The topological polar surface area (TPSA) is 81.9 Å². The van der Waals surface area contributed by atoms with E-state index < -0.39 is 0 Å². The van der Waals surface area contributed by atoms with Crippen LogP contribution < -0.4 is 10.1 Å². The molecule has 2 aromatic heterocycles. The van der Waals surface area contributed by atoms with Gasteiger partial charge in [-0.05, 0) is 86.8 Å². The summed E-state index contributed by atoms with van der Waals surface area (Å²) in [6.07, 6.45) is 1.46. The summed E-state index contributed by atoms with van der Waals surface area (Å²) < 4.78 is 9.34. The number of carbonyl (C=O) groups excluding carboxylic acids is 1. The third-order valence-electron chi connectivity index (χ3n) is 6.57. The Balaban J connectivity index is 1.22. The third-order valence-corrected chi connectivity index (χ3v) is 8.61. The molecule has 2 heterocycles. The minimum Gasteiger partial charge on any atom is -0.482 e. The molecule has 1 N–H and O–H groups in total. The zero-order chi connectivity index (χ0) is 28.2. The Kier molecular flexibility index (Phi) is 8.32. The summed E-state index contributed by atoms with van der Waals surface area (Å²) in [6.45, 7) is 12.5. The molecule has 9 heteroatoms. The van der Waals surface area contributed by atoms with Crippen molar-refractivity contribution in [1.29, 1.82) is 0 Å². The highest BCUT2D eigenvalue weighted by Gasteiger charge is 2.20. The number of rotatable bonds is 10. The van der Waals surface area contributed by atoms with Gasteiger partial charge in [-0.25, -0.2) is 4.98 Å². The number of thioether (sulfide) groups is 1. The molecule has 0 radical (unpaired) electrons. The Morgan fingerprint density at radius 2 is 1.93 bits per heavy atom. The molecule has 0 saturated heterocycles. The van der Waals surface area contributed by atoms with E-state index >= 15 is 0 Å². The summed E-state index contributed by atoms with van der Waals surface area (Å²) in [7, 11) is 0. The average molecular weight is 570 g/mol. The van der Waals surface area contributed by atoms with Crippen LogP contribution in [0, 0.1) is 20.8 Å². The van der Waals surface area contributed by atoms with Crippen molar-refractivity contribution in [2.24, 2.45) is 0 Å². The predicted octanol–water partition coefficient (Wildman–Crippen LogP) is 7.54. The molecule has 204 valence electrons. The lowest BCUT2D eigenvalue weighted by Gasteiger charge is -2.18. The van der Waals surface area contributed by atoms with E-state index in [9.17, 15) is 4.79 Å². The summed E-state index contributed by atoms with van der Waals surface area (Å²) in [6, 6.07) is 20.0. The second-order valence-electron chi connectivity index (χ2n) is 9.60. The lowest BCUT2D eigenvalue weighted by Crippen LogP contribution is -2.15. The standard InChI is InChI=1S/C31H31N5O2S2/c1-6-16-36-29(22(5)38-26-9-7-8-20(3)21(26)4)34-35-31(36)39-18-28(37)32-24-13-11-23(12-14-24)30-33-25-15-10-19(2)17-27(25)40-30/h6-15,17,22H,1,16,18H2,2-5H3,(H,32,37). The fraction of sp³-hybridized carbons (Fsp3) is 0.226. The van der Waals surface area contributed by atoms with E-state index in [0.29, 0.717) is 17.5 Å². The average Bonchev–Trinajstić information content (AvgIpc) is 3.54. The first-order chi connectivity index (χ1) is 19.3. The minimum absolute atomic E-state index is 0.123. The number of allylic oxidation sites excluding steroid dienone is 1. The number of hydrogen-bond acceptors (Lipinski definition) is 7. The first-order valence-electron chi connectivity index (χ1n) is 13.0. The normalized spacial score (nSPS) is 11.9. The Bertz CT molecular complexity index is 1670. The van der Waals surface area contributed by atoms with Crippen molar-refractivity contribution in [1.82, 2.24) is 19.7 Å². The van der Waals surface area contributed by atoms with Crippen LogP contribution in [0.4, 0.5) is 5.69 Å². The number of amides is 1. The number of anilines is 1. The minimum atomic E-state index is -0.325. The Labute approximate surface area is 242 Å². The Hall–Kier alpha value is -3.95. The van der Waals surface area contributed by atoms with E-state index in [0.717, 1.165) is 33.1 Å². The van der Waals surface area contributed by atoms with Crippen molar-refractivity contribution in [3.05, 3.63) is 95.8 Å². The Morgan fingerprint density at radius 3 is 2.70 bits per heavy atom. The molecule has 40 heavy (non-hydrogen) atoms. The summed E-state index contributed by atoms with van der Waals surface area (Å²) in [4.78, 5) is 17.5. The number of nitrogens with one attached hydrogen (secondary N) is 1. The highest BCUT2D eigenvalue weighted by molar-refractivity contribution is 7.99. The van der Waals surface area contributed by atoms with Crippen molar-refractivity contribution in [2.75, 3.05) is 11.1 Å². The largest absolute Gasteiger partial charge is 0.482 e. The van der Waals surface area contributed by atoms with Crippen LogP contribution in [0.5, 0.6) is 5.75 Å². The van der Waals surface area contributed by atoms with Crippen LogP contribution in [0.25, 0.3) is 20.8 Å². The number of hydrogen-bond donors (Lipinski definition) is 1. The lowest BCUT2D eigenvalue weighted by molar-refractivity contribution is -0.113. The number of thiazole rings is 1. The fourth-order valence-corrected chi connectivity index (χ4v) is 6.11. The van der Waals surface area contributed by atoms with Crippen LogP contribution in [0.3, 0.4) is 0 Å². The van der Waals surface area contributed by atoms with E-state index in [-0.39, 0.29) is 17.8 Å². The van der Waals surface area contributed by atoms with Gasteiger partial charge in [0.25, 0.3) is 0 Å². The van der Waals surface area contributed by atoms with Gasteiger partial charge in [0.05, 0.1) is 16.0 Å². The van der Waals surface area contributed by atoms with Gasteiger partial charge in [0.1, 0.15) is 10.8 Å². The molecule has 0 aliphatic carbocycles. The second-order valence-corrected chi connectivity index (χ2v) is 11.6. The number of aromatic nitrogens is 4. The molecular weight excluding hydrogens is 539 g/mol. The number of nitrogens with zero attached hydrogens (tertiary/aromatic N) is 4. The molecule has 1 amide bonds. The van der Waals surface area contributed by atoms with Crippen LogP contribution in [-0.4, -0.2) is 31.4 Å². The fourth-order valence-electron chi connectivity index (χ4n) is 4.28. The summed E-state index contributed by atoms with van der Waals surface area (Å²) in [5, 5.41) is 13.3. The van der Waals surface area contributed by atoms with Crippen molar-refractivity contribution in [2.45, 2.75) is 45.5 Å². The van der Waals surface area contributed by atoms with Crippen molar-refractivity contribution < 1.29 is 9.53 Å². The van der Waals surface area contributed by atoms with E-state index in [2.05, 4.69) is 60.2 Å². The number of aryl methyl sites for hydroxylation is 2. The maximum absolute atomic E-state index is 12.8. The molecule has 0 bridgehead atoms. The van der Waals surface area contributed by atoms with E-state index in [4.69, 9.17) is 9.72 Å². The number of benzene rings is 3.